The van der Waals surface area contributed by atoms with E-state index in [4.69, 9.17) is 9.47 Å². The third kappa shape index (κ3) is 6.01. The lowest BCUT2D eigenvalue weighted by Gasteiger charge is -2.17. The van der Waals surface area contributed by atoms with Gasteiger partial charge in [-0.05, 0) is 42.1 Å². The van der Waals surface area contributed by atoms with Crippen molar-refractivity contribution in [1.29, 1.82) is 0 Å². The van der Waals surface area contributed by atoms with Gasteiger partial charge in [-0.15, -0.1) is 11.3 Å². The molecule has 2 aromatic rings. The predicted octanol–water partition coefficient (Wildman–Crippen LogP) is 3.87. The van der Waals surface area contributed by atoms with Crippen LogP contribution in [0.4, 0.5) is 5.69 Å². The number of ether oxygens (including phenoxy) is 2. The second-order valence-corrected chi connectivity index (χ2v) is 8.25. The van der Waals surface area contributed by atoms with E-state index in [1.807, 2.05) is 0 Å². The third-order valence-corrected chi connectivity index (χ3v) is 5.91. The highest BCUT2D eigenvalue weighted by Gasteiger charge is 2.36. The zero-order valence-corrected chi connectivity index (χ0v) is 18.2. The standard InChI is InChI=1S/C23H25NO6S/c1-2-3-4-11-29-22(27)16-7-9-18(10-8-16)24-14-17(13-21(24)26)23(28)30-15-19(25)20-6-5-12-31-20/h5-10,12,17H,2-4,11,13-15H2,1H3/t17-/m1/s1. The van der Waals surface area contributed by atoms with Crippen molar-refractivity contribution in [3.63, 3.8) is 0 Å². The van der Waals surface area contributed by atoms with Gasteiger partial charge in [0.15, 0.2) is 6.61 Å². The Labute approximate surface area is 185 Å². The van der Waals surface area contributed by atoms with Gasteiger partial charge in [0.1, 0.15) is 0 Å². The van der Waals surface area contributed by atoms with Crippen molar-refractivity contribution in [2.75, 3.05) is 24.7 Å². The van der Waals surface area contributed by atoms with E-state index < -0.39 is 17.9 Å². The number of Topliss-reactive ketones (excluding diaryl/α,β-unsaturated/α-hetero) is 1. The van der Waals surface area contributed by atoms with Crippen molar-refractivity contribution in [3.05, 3.63) is 52.2 Å². The molecule has 164 valence electrons. The van der Waals surface area contributed by atoms with Crippen LogP contribution in [0, 0.1) is 5.92 Å². The van der Waals surface area contributed by atoms with Gasteiger partial charge >= 0.3 is 11.9 Å². The van der Waals surface area contributed by atoms with Gasteiger partial charge in [-0.1, -0.05) is 25.8 Å². The number of benzene rings is 1. The number of thiophene rings is 1. The van der Waals surface area contributed by atoms with Gasteiger partial charge in [-0.25, -0.2) is 4.79 Å². The van der Waals surface area contributed by atoms with Gasteiger partial charge in [0, 0.05) is 18.7 Å². The van der Waals surface area contributed by atoms with Crippen LogP contribution in [0.25, 0.3) is 0 Å². The van der Waals surface area contributed by atoms with Gasteiger partial charge < -0.3 is 14.4 Å². The number of carbonyl (C=O) groups is 4. The Morgan fingerprint density at radius 1 is 1.10 bits per heavy atom. The third-order valence-electron chi connectivity index (χ3n) is 5.00. The monoisotopic (exact) mass is 443 g/mol. The van der Waals surface area contributed by atoms with E-state index in [0.29, 0.717) is 22.7 Å². The van der Waals surface area contributed by atoms with E-state index in [9.17, 15) is 19.2 Å². The summed E-state index contributed by atoms with van der Waals surface area (Å²) in [5.41, 5.74) is 1.01. The van der Waals surface area contributed by atoms with Gasteiger partial charge in [-0.2, -0.15) is 0 Å². The first-order valence-corrected chi connectivity index (χ1v) is 11.2. The molecule has 0 N–H and O–H groups in total. The van der Waals surface area contributed by atoms with Crippen molar-refractivity contribution >= 4 is 40.7 Å². The molecule has 3 rings (SSSR count). The van der Waals surface area contributed by atoms with Crippen LogP contribution in [-0.4, -0.2) is 43.4 Å². The van der Waals surface area contributed by atoms with Crippen molar-refractivity contribution in [3.8, 4) is 0 Å². The topological polar surface area (TPSA) is 90.0 Å². The molecule has 1 atom stereocenters. The van der Waals surface area contributed by atoms with Crippen LogP contribution < -0.4 is 4.90 Å². The number of amides is 1. The van der Waals surface area contributed by atoms with E-state index in [1.54, 1.807) is 41.8 Å². The highest BCUT2D eigenvalue weighted by molar-refractivity contribution is 7.12. The summed E-state index contributed by atoms with van der Waals surface area (Å²) in [6, 6.07) is 9.96. The summed E-state index contributed by atoms with van der Waals surface area (Å²) < 4.78 is 10.4. The quantitative estimate of drug-likeness (QED) is 0.315. The number of hydrogen-bond donors (Lipinski definition) is 0. The molecule has 0 aliphatic carbocycles. The lowest BCUT2D eigenvalue weighted by molar-refractivity contribution is -0.147. The molecule has 31 heavy (non-hydrogen) atoms. The van der Waals surface area contributed by atoms with E-state index in [1.165, 1.54) is 16.2 Å². The Morgan fingerprint density at radius 3 is 2.55 bits per heavy atom. The number of esters is 2. The molecule has 1 fully saturated rings. The van der Waals surface area contributed by atoms with Gasteiger partial charge in [0.25, 0.3) is 0 Å². The summed E-state index contributed by atoms with van der Waals surface area (Å²) in [4.78, 5) is 50.8. The highest BCUT2D eigenvalue weighted by atomic mass is 32.1. The molecule has 1 saturated heterocycles. The van der Waals surface area contributed by atoms with E-state index in [2.05, 4.69) is 6.92 Å². The fourth-order valence-corrected chi connectivity index (χ4v) is 3.91. The SMILES string of the molecule is CCCCCOC(=O)c1ccc(N2C[C@H](C(=O)OCC(=O)c3cccs3)CC2=O)cc1. The number of nitrogens with zero attached hydrogens (tertiary/aromatic N) is 1. The Balaban J connectivity index is 1.51. The lowest BCUT2D eigenvalue weighted by Crippen LogP contribution is -2.27. The molecule has 2 heterocycles. The largest absolute Gasteiger partial charge is 0.462 e. The second kappa shape index (κ2) is 10.9. The molecule has 1 aliphatic rings. The summed E-state index contributed by atoms with van der Waals surface area (Å²) in [6.07, 6.45) is 2.91. The average molecular weight is 444 g/mol. The molecule has 0 saturated carbocycles. The molecular formula is C23H25NO6S. The minimum Gasteiger partial charge on any atom is -0.462 e. The molecule has 1 amide bonds. The first-order chi connectivity index (χ1) is 15.0. The van der Waals surface area contributed by atoms with E-state index in [0.717, 1.165) is 19.3 Å². The number of ketones is 1. The minimum atomic E-state index is -0.633. The smallest absolute Gasteiger partial charge is 0.338 e. The Bertz CT molecular complexity index is 922. The molecule has 0 bridgehead atoms. The summed E-state index contributed by atoms with van der Waals surface area (Å²) in [7, 11) is 0. The van der Waals surface area contributed by atoms with Gasteiger partial charge in [0.2, 0.25) is 11.7 Å². The molecule has 0 radical (unpaired) electrons. The molecular weight excluding hydrogens is 418 g/mol. The van der Waals surface area contributed by atoms with E-state index >= 15 is 0 Å². The maximum atomic E-state index is 12.4. The van der Waals surface area contributed by atoms with Crippen molar-refractivity contribution < 1.29 is 28.7 Å². The summed E-state index contributed by atoms with van der Waals surface area (Å²) >= 11 is 1.29. The zero-order chi connectivity index (χ0) is 22.2. The van der Waals surface area contributed by atoms with Crippen LogP contribution in [0.1, 0.15) is 52.6 Å². The average Bonchev–Trinajstić information content (AvgIpc) is 3.45. The Morgan fingerprint density at radius 2 is 1.87 bits per heavy atom. The van der Waals surface area contributed by atoms with Crippen LogP contribution in [-0.2, 0) is 19.1 Å². The summed E-state index contributed by atoms with van der Waals surface area (Å²) in [5.74, 6) is -2.06. The summed E-state index contributed by atoms with van der Waals surface area (Å²) in [5, 5.41) is 1.78. The van der Waals surface area contributed by atoms with Crippen molar-refractivity contribution in [2.24, 2.45) is 5.92 Å². The highest BCUT2D eigenvalue weighted by Crippen LogP contribution is 2.26. The van der Waals surface area contributed by atoms with Crippen molar-refractivity contribution in [1.82, 2.24) is 0 Å². The first kappa shape index (κ1) is 22.7. The lowest BCUT2D eigenvalue weighted by atomic mass is 10.1. The van der Waals surface area contributed by atoms with Crippen LogP contribution >= 0.6 is 11.3 Å². The van der Waals surface area contributed by atoms with Gasteiger partial charge in [-0.3, -0.25) is 14.4 Å². The number of hydrogen-bond acceptors (Lipinski definition) is 7. The number of rotatable bonds is 10. The first-order valence-electron chi connectivity index (χ1n) is 10.3. The predicted molar refractivity (Wildman–Crippen MR) is 116 cm³/mol. The van der Waals surface area contributed by atoms with Gasteiger partial charge in [0.05, 0.1) is 23.0 Å². The maximum Gasteiger partial charge on any atom is 0.338 e. The molecule has 7 nitrogen and oxygen atoms in total. The molecule has 0 spiro atoms. The van der Waals surface area contributed by atoms with Crippen molar-refractivity contribution in [2.45, 2.75) is 32.6 Å². The normalized spacial score (nSPS) is 15.7. The molecule has 8 heteroatoms. The number of carbonyl (C=O) groups excluding carboxylic acids is 4. The Kier molecular flexibility index (Phi) is 7.94. The fourth-order valence-electron chi connectivity index (χ4n) is 3.26. The van der Waals surface area contributed by atoms with Crippen LogP contribution in [0.15, 0.2) is 41.8 Å². The molecule has 1 aliphatic heterocycles. The second-order valence-electron chi connectivity index (χ2n) is 7.30. The molecule has 1 aromatic carbocycles. The molecule has 1 aromatic heterocycles. The minimum absolute atomic E-state index is 0.0211. The zero-order valence-electron chi connectivity index (χ0n) is 17.4. The maximum absolute atomic E-state index is 12.4. The summed E-state index contributed by atoms with van der Waals surface area (Å²) in [6.45, 7) is 2.30. The number of unbranched alkanes of at least 4 members (excludes halogenated alkanes) is 2. The fraction of sp³-hybridized carbons (Fsp3) is 0.391. The Hall–Kier alpha value is -3.00. The molecule has 0 unspecified atom stereocenters. The van der Waals surface area contributed by atoms with E-state index in [-0.39, 0.29) is 31.3 Å². The number of anilines is 1. The van der Waals surface area contributed by atoms with Crippen LogP contribution in [0.3, 0.4) is 0 Å². The van der Waals surface area contributed by atoms with Crippen LogP contribution in [0.5, 0.6) is 0 Å². The van der Waals surface area contributed by atoms with Crippen LogP contribution in [0.2, 0.25) is 0 Å².